The van der Waals surface area contributed by atoms with Gasteiger partial charge in [-0.3, -0.25) is 4.68 Å². The van der Waals surface area contributed by atoms with Gasteiger partial charge in [0, 0.05) is 32.4 Å². The van der Waals surface area contributed by atoms with Crippen molar-refractivity contribution in [1.29, 1.82) is 0 Å². The molecule has 1 N–H and O–H groups in total. The minimum absolute atomic E-state index is 0.0643. The SMILES string of the molecule is CC(C)CN(CC(C)C)S(=O)(=O)c1cnn(CCCO)c1. The highest BCUT2D eigenvalue weighted by atomic mass is 32.2. The van der Waals surface area contributed by atoms with Crippen molar-refractivity contribution >= 4 is 10.0 Å². The lowest BCUT2D eigenvalue weighted by Crippen LogP contribution is -2.36. The van der Waals surface area contributed by atoms with Crippen LogP contribution in [0.2, 0.25) is 0 Å². The van der Waals surface area contributed by atoms with Gasteiger partial charge in [0.1, 0.15) is 4.90 Å². The van der Waals surface area contributed by atoms with Crippen molar-refractivity contribution in [2.75, 3.05) is 19.7 Å². The minimum atomic E-state index is -3.51. The van der Waals surface area contributed by atoms with Crippen molar-refractivity contribution in [3.05, 3.63) is 12.4 Å². The van der Waals surface area contributed by atoms with Crippen LogP contribution in [-0.2, 0) is 16.6 Å². The lowest BCUT2D eigenvalue weighted by Gasteiger charge is -2.24. The minimum Gasteiger partial charge on any atom is -0.396 e. The predicted octanol–water partition coefficient (Wildman–Crippen LogP) is 1.57. The normalized spacial score (nSPS) is 12.8. The molecule has 6 nitrogen and oxygen atoms in total. The summed E-state index contributed by atoms with van der Waals surface area (Å²) in [5, 5.41) is 12.9. The summed E-state index contributed by atoms with van der Waals surface area (Å²) in [7, 11) is -3.51. The maximum Gasteiger partial charge on any atom is 0.246 e. The van der Waals surface area contributed by atoms with Crippen molar-refractivity contribution in [3.8, 4) is 0 Å². The van der Waals surface area contributed by atoms with Gasteiger partial charge in [0.05, 0.1) is 6.20 Å². The Balaban J connectivity index is 2.96. The van der Waals surface area contributed by atoms with Gasteiger partial charge in [-0.05, 0) is 18.3 Å². The Morgan fingerprint density at radius 3 is 2.29 bits per heavy atom. The molecule has 0 aliphatic heterocycles. The Morgan fingerprint density at radius 1 is 1.24 bits per heavy atom. The van der Waals surface area contributed by atoms with E-state index in [4.69, 9.17) is 5.11 Å². The molecule has 0 aromatic carbocycles. The number of sulfonamides is 1. The fourth-order valence-electron chi connectivity index (χ4n) is 2.07. The number of hydrogen-bond donors (Lipinski definition) is 1. The molecule has 0 aliphatic rings. The molecule has 1 aromatic heterocycles. The molecule has 21 heavy (non-hydrogen) atoms. The molecule has 1 rings (SSSR count). The molecular weight excluding hydrogens is 290 g/mol. The molecule has 0 atom stereocenters. The number of aryl methyl sites for hydroxylation is 1. The number of aliphatic hydroxyl groups excluding tert-OH is 1. The van der Waals surface area contributed by atoms with Crippen LogP contribution in [0.1, 0.15) is 34.1 Å². The summed E-state index contributed by atoms with van der Waals surface area (Å²) in [6, 6.07) is 0. The molecule has 7 heteroatoms. The van der Waals surface area contributed by atoms with Crippen LogP contribution in [0.15, 0.2) is 17.3 Å². The van der Waals surface area contributed by atoms with E-state index in [1.165, 1.54) is 10.5 Å². The number of nitrogens with zero attached hydrogens (tertiary/aromatic N) is 3. The fourth-order valence-corrected chi connectivity index (χ4v) is 3.79. The molecule has 0 spiro atoms. The average Bonchev–Trinajstić information content (AvgIpc) is 2.83. The second kappa shape index (κ2) is 7.91. The van der Waals surface area contributed by atoms with Gasteiger partial charge in [-0.25, -0.2) is 8.42 Å². The number of rotatable bonds is 9. The van der Waals surface area contributed by atoms with Crippen LogP contribution in [0, 0.1) is 11.8 Å². The van der Waals surface area contributed by atoms with Crippen molar-refractivity contribution in [2.45, 2.75) is 45.6 Å². The first-order valence-electron chi connectivity index (χ1n) is 7.40. The van der Waals surface area contributed by atoms with Gasteiger partial charge in [0.25, 0.3) is 0 Å². The second-order valence-electron chi connectivity index (χ2n) is 6.13. The van der Waals surface area contributed by atoms with Crippen LogP contribution in [0.25, 0.3) is 0 Å². The van der Waals surface area contributed by atoms with Gasteiger partial charge in [-0.2, -0.15) is 9.40 Å². The summed E-state index contributed by atoms with van der Waals surface area (Å²) in [4.78, 5) is 0.224. The number of aliphatic hydroxyl groups is 1. The van der Waals surface area contributed by atoms with Gasteiger partial charge in [0.15, 0.2) is 0 Å². The zero-order valence-electron chi connectivity index (χ0n) is 13.4. The third-order valence-corrected chi connectivity index (χ3v) is 4.71. The van der Waals surface area contributed by atoms with Crippen LogP contribution in [-0.4, -0.2) is 47.3 Å². The lowest BCUT2D eigenvalue weighted by molar-refractivity contribution is 0.277. The fraction of sp³-hybridized carbons (Fsp3) is 0.786. The standard InChI is InChI=1S/C14H27N3O3S/c1-12(2)9-17(10-13(3)4)21(19,20)14-8-15-16(11-14)6-5-7-18/h8,11-13,18H,5-7,9-10H2,1-4H3. The Kier molecular flexibility index (Phi) is 6.83. The first kappa shape index (κ1) is 18.1. The highest BCUT2D eigenvalue weighted by Crippen LogP contribution is 2.18. The van der Waals surface area contributed by atoms with Gasteiger partial charge < -0.3 is 5.11 Å². The van der Waals surface area contributed by atoms with Crippen LogP contribution in [0.5, 0.6) is 0 Å². The predicted molar refractivity (Wildman–Crippen MR) is 82.4 cm³/mol. The number of hydrogen-bond acceptors (Lipinski definition) is 4. The third kappa shape index (κ3) is 5.41. The van der Waals surface area contributed by atoms with E-state index >= 15 is 0 Å². The molecule has 1 aromatic rings. The van der Waals surface area contributed by atoms with E-state index in [1.807, 2.05) is 27.7 Å². The van der Waals surface area contributed by atoms with Crippen molar-refractivity contribution in [2.24, 2.45) is 11.8 Å². The quantitative estimate of drug-likeness (QED) is 0.750. The zero-order valence-corrected chi connectivity index (χ0v) is 14.2. The summed E-state index contributed by atoms with van der Waals surface area (Å²) in [5.74, 6) is 0.533. The third-order valence-electron chi connectivity index (χ3n) is 2.93. The van der Waals surface area contributed by atoms with Crippen LogP contribution < -0.4 is 0 Å². The van der Waals surface area contributed by atoms with E-state index in [-0.39, 0.29) is 23.3 Å². The Bertz CT molecular complexity index is 513. The molecule has 122 valence electrons. The number of aromatic nitrogens is 2. The van der Waals surface area contributed by atoms with E-state index in [1.54, 1.807) is 10.9 Å². The molecule has 1 heterocycles. The first-order chi connectivity index (χ1) is 9.77. The Hall–Kier alpha value is -0.920. The van der Waals surface area contributed by atoms with Crippen molar-refractivity contribution < 1.29 is 13.5 Å². The topological polar surface area (TPSA) is 75.4 Å². The molecular formula is C14H27N3O3S. The first-order valence-corrected chi connectivity index (χ1v) is 8.84. The molecule has 0 radical (unpaired) electrons. The summed E-state index contributed by atoms with van der Waals surface area (Å²) >= 11 is 0. The zero-order chi connectivity index (χ0) is 16.0. The molecule has 0 saturated carbocycles. The molecule has 0 saturated heterocycles. The van der Waals surface area contributed by atoms with Crippen LogP contribution in [0.3, 0.4) is 0 Å². The molecule has 0 fully saturated rings. The van der Waals surface area contributed by atoms with Crippen molar-refractivity contribution in [3.63, 3.8) is 0 Å². The van der Waals surface area contributed by atoms with Gasteiger partial charge >= 0.3 is 0 Å². The Morgan fingerprint density at radius 2 is 1.81 bits per heavy atom. The summed E-state index contributed by atoms with van der Waals surface area (Å²) in [5.41, 5.74) is 0. The summed E-state index contributed by atoms with van der Waals surface area (Å²) in [6.07, 6.45) is 3.49. The molecule has 0 aliphatic carbocycles. The summed E-state index contributed by atoms with van der Waals surface area (Å²) < 4.78 is 28.5. The van der Waals surface area contributed by atoms with E-state index in [9.17, 15) is 8.42 Å². The molecule has 0 unspecified atom stereocenters. The lowest BCUT2D eigenvalue weighted by atomic mass is 10.2. The molecule has 0 bridgehead atoms. The highest BCUT2D eigenvalue weighted by molar-refractivity contribution is 7.89. The van der Waals surface area contributed by atoms with E-state index < -0.39 is 10.0 Å². The smallest absolute Gasteiger partial charge is 0.246 e. The highest BCUT2D eigenvalue weighted by Gasteiger charge is 2.27. The van der Waals surface area contributed by atoms with Crippen molar-refractivity contribution in [1.82, 2.24) is 14.1 Å². The van der Waals surface area contributed by atoms with Gasteiger partial charge in [-0.1, -0.05) is 27.7 Å². The maximum atomic E-state index is 12.7. The van der Waals surface area contributed by atoms with Gasteiger partial charge in [0.2, 0.25) is 10.0 Å². The van der Waals surface area contributed by atoms with E-state index in [0.717, 1.165) is 0 Å². The largest absolute Gasteiger partial charge is 0.396 e. The molecule has 0 amide bonds. The van der Waals surface area contributed by atoms with Crippen LogP contribution in [0.4, 0.5) is 0 Å². The monoisotopic (exact) mass is 317 g/mol. The Labute approximate surface area is 127 Å². The second-order valence-corrected chi connectivity index (χ2v) is 8.06. The van der Waals surface area contributed by atoms with E-state index in [2.05, 4.69) is 5.10 Å². The van der Waals surface area contributed by atoms with Crippen LogP contribution >= 0.6 is 0 Å². The van der Waals surface area contributed by atoms with Gasteiger partial charge in [-0.15, -0.1) is 0 Å². The average molecular weight is 317 g/mol. The van der Waals surface area contributed by atoms with E-state index in [0.29, 0.717) is 26.1 Å². The summed E-state index contributed by atoms with van der Waals surface area (Å²) in [6.45, 7) is 9.61. The maximum absolute atomic E-state index is 12.7.